The van der Waals surface area contributed by atoms with Crippen LogP contribution in [0.25, 0.3) is 0 Å². The smallest absolute Gasteiger partial charge is 0.416 e. The second kappa shape index (κ2) is 5.25. The molecule has 1 fully saturated rings. The molecule has 2 aliphatic rings. The molecule has 5 heteroatoms. The van der Waals surface area contributed by atoms with Crippen LogP contribution in [0.1, 0.15) is 12.8 Å². The van der Waals surface area contributed by atoms with Crippen LogP contribution in [-0.4, -0.2) is 24.3 Å². The van der Waals surface area contributed by atoms with Crippen molar-refractivity contribution in [3.63, 3.8) is 0 Å². The number of nitrogens with zero attached hydrogens (tertiary/aromatic N) is 2. The molecule has 2 aliphatic heterocycles. The third-order valence-corrected chi connectivity index (χ3v) is 5.28. The molecule has 1 N–H and O–H groups in total. The van der Waals surface area contributed by atoms with Gasteiger partial charge in [-0.1, -0.05) is 30.0 Å². The molecule has 0 spiro atoms. The molecule has 2 aromatic carbocycles. The molecule has 22 heavy (non-hydrogen) atoms. The van der Waals surface area contributed by atoms with Gasteiger partial charge in [-0.3, -0.25) is 0 Å². The Morgan fingerprint density at radius 1 is 0.955 bits per heavy atom. The number of para-hydroxylation sites is 2. The van der Waals surface area contributed by atoms with Gasteiger partial charge in [-0.15, -0.1) is 0 Å². The molecule has 2 aromatic rings. The molecule has 1 saturated heterocycles. The van der Waals surface area contributed by atoms with Gasteiger partial charge in [0.15, 0.2) is 0 Å². The lowest BCUT2D eigenvalue weighted by Gasteiger charge is -2.33. The zero-order valence-corrected chi connectivity index (χ0v) is 12.8. The Bertz CT molecular complexity index is 741. The van der Waals surface area contributed by atoms with E-state index in [0.717, 1.165) is 39.9 Å². The highest BCUT2D eigenvalue weighted by Crippen LogP contribution is 2.52. The summed E-state index contributed by atoms with van der Waals surface area (Å²) in [6.07, 6.45) is 1.40. The molecule has 0 atom stereocenters. The van der Waals surface area contributed by atoms with Crippen molar-refractivity contribution >= 4 is 34.9 Å². The minimum absolute atomic E-state index is 0.749. The maximum Gasteiger partial charge on any atom is 0.416 e. The van der Waals surface area contributed by atoms with Gasteiger partial charge in [0.05, 0.1) is 17.1 Å². The molecule has 4 rings (SSSR count). The quantitative estimate of drug-likeness (QED) is 0.838. The van der Waals surface area contributed by atoms with Crippen molar-refractivity contribution < 1.29 is 9.90 Å². The third kappa shape index (κ3) is 2.04. The maximum absolute atomic E-state index is 11.9. The van der Waals surface area contributed by atoms with Crippen molar-refractivity contribution in [2.75, 3.05) is 22.9 Å². The second-order valence-corrected chi connectivity index (χ2v) is 6.59. The highest BCUT2D eigenvalue weighted by atomic mass is 32.2. The number of hydrogen-bond donors (Lipinski definition) is 1. The summed E-state index contributed by atoms with van der Waals surface area (Å²) < 4.78 is 0. The minimum atomic E-state index is -0.930. The first-order valence-corrected chi connectivity index (χ1v) is 8.25. The van der Waals surface area contributed by atoms with Crippen molar-refractivity contribution in [2.45, 2.75) is 22.6 Å². The van der Waals surface area contributed by atoms with E-state index >= 15 is 0 Å². The Hall–Kier alpha value is -2.14. The summed E-state index contributed by atoms with van der Waals surface area (Å²) in [6, 6.07) is 13.7. The van der Waals surface area contributed by atoms with Crippen molar-refractivity contribution in [2.24, 2.45) is 0 Å². The minimum Gasteiger partial charge on any atom is -0.464 e. The molecule has 4 nitrogen and oxygen atoms in total. The number of amides is 1. The van der Waals surface area contributed by atoms with Gasteiger partial charge in [-0.25, -0.2) is 9.69 Å². The van der Waals surface area contributed by atoms with E-state index in [1.165, 1.54) is 17.7 Å². The number of hydrogen-bond acceptors (Lipinski definition) is 3. The lowest BCUT2D eigenvalue weighted by molar-refractivity contribution is 0.204. The van der Waals surface area contributed by atoms with E-state index in [0.29, 0.717) is 0 Å². The van der Waals surface area contributed by atoms with E-state index in [2.05, 4.69) is 4.90 Å². The summed E-state index contributed by atoms with van der Waals surface area (Å²) in [6.45, 7) is 1.99. The Morgan fingerprint density at radius 3 is 2.41 bits per heavy atom. The van der Waals surface area contributed by atoms with Crippen molar-refractivity contribution in [3.8, 4) is 0 Å². The number of carbonyl (C=O) groups is 1. The molecule has 0 radical (unpaired) electrons. The summed E-state index contributed by atoms with van der Waals surface area (Å²) >= 11 is 1.64. The van der Waals surface area contributed by atoms with Gasteiger partial charge in [0.1, 0.15) is 0 Å². The van der Waals surface area contributed by atoms with Crippen molar-refractivity contribution in [3.05, 3.63) is 42.5 Å². The van der Waals surface area contributed by atoms with Crippen LogP contribution in [-0.2, 0) is 0 Å². The highest BCUT2D eigenvalue weighted by molar-refractivity contribution is 7.99. The number of benzene rings is 2. The van der Waals surface area contributed by atoms with Gasteiger partial charge in [0.25, 0.3) is 0 Å². The summed E-state index contributed by atoms with van der Waals surface area (Å²) in [5, 5.41) is 9.80. The maximum atomic E-state index is 11.9. The summed E-state index contributed by atoms with van der Waals surface area (Å²) in [4.78, 5) is 17.7. The molecule has 112 valence electrons. The van der Waals surface area contributed by atoms with Crippen LogP contribution >= 0.6 is 11.8 Å². The van der Waals surface area contributed by atoms with Crippen LogP contribution < -0.4 is 9.80 Å². The normalized spacial score (nSPS) is 16.4. The lowest BCUT2D eigenvalue weighted by atomic mass is 10.2. The molecule has 0 bridgehead atoms. The molecular weight excluding hydrogens is 296 g/mol. The molecule has 2 heterocycles. The Labute approximate surface area is 133 Å². The molecule has 1 amide bonds. The number of anilines is 3. The lowest BCUT2D eigenvalue weighted by Crippen LogP contribution is -2.29. The second-order valence-electron chi connectivity index (χ2n) is 5.51. The molecule has 0 aliphatic carbocycles. The zero-order chi connectivity index (χ0) is 15.1. The van der Waals surface area contributed by atoms with Crippen molar-refractivity contribution in [1.82, 2.24) is 0 Å². The Balaban J connectivity index is 1.91. The molecule has 0 unspecified atom stereocenters. The summed E-state index contributed by atoms with van der Waals surface area (Å²) in [5.74, 6) is 0. The Morgan fingerprint density at radius 2 is 1.64 bits per heavy atom. The topological polar surface area (TPSA) is 43.8 Å². The molecular formula is C17H16N2O2S. The molecule has 0 saturated carbocycles. The number of rotatable bonds is 1. The van der Waals surface area contributed by atoms with E-state index in [1.54, 1.807) is 11.8 Å². The van der Waals surface area contributed by atoms with E-state index in [1.807, 2.05) is 42.5 Å². The third-order valence-electron chi connectivity index (χ3n) is 4.17. The predicted molar refractivity (Wildman–Crippen MR) is 88.6 cm³/mol. The monoisotopic (exact) mass is 312 g/mol. The largest absolute Gasteiger partial charge is 0.464 e. The number of carboxylic acid groups (broad SMARTS) is 1. The van der Waals surface area contributed by atoms with Gasteiger partial charge >= 0.3 is 6.09 Å². The van der Waals surface area contributed by atoms with Crippen molar-refractivity contribution in [1.29, 1.82) is 0 Å². The number of fused-ring (bicyclic) bond motifs is 2. The Kier molecular flexibility index (Phi) is 3.22. The van der Waals surface area contributed by atoms with Gasteiger partial charge in [0, 0.05) is 22.9 Å². The zero-order valence-electron chi connectivity index (χ0n) is 12.0. The van der Waals surface area contributed by atoms with Crippen LogP contribution in [0.4, 0.5) is 21.9 Å². The van der Waals surface area contributed by atoms with Gasteiger partial charge in [-0.05, 0) is 37.1 Å². The predicted octanol–water partition coefficient (Wildman–Crippen LogP) is 4.57. The van der Waals surface area contributed by atoms with E-state index in [9.17, 15) is 9.90 Å². The van der Waals surface area contributed by atoms with Crippen LogP contribution in [0, 0.1) is 0 Å². The standard InChI is InChI=1S/C17H16N2O2S/c20-17(21)19-12-6-1-2-8-14(12)22-15-9-5-7-13(16(15)19)18-10-3-4-11-18/h1-2,5-9H,3-4,10-11H2,(H,20,21). The first kappa shape index (κ1) is 13.5. The average Bonchev–Trinajstić information content (AvgIpc) is 3.06. The van der Waals surface area contributed by atoms with E-state index in [-0.39, 0.29) is 0 Å². The van der Waals surface area contributed by atoms with Crippen LogP contribution in [0.2, 0.25) is 0 Å². The first-order valence-electron chi connectivity index (χ1n) is 7.43. The SMILES string of the molecule is O=C(O)N1c2ccccc2Sc2cccc(N3CCCC3)c21. The van der Waals surface area contributed by atoms with Crippen LogP contribution in [0.3, 0.4) is 0 Å². The van der Waals surface area contributed by atoms with Crippen LogP contribution in [0.5, 0.6) is 0 Å². The van der Waals surface area contributed by atoms with Gasteiger partial charge in [0.2, 0.25) is 0 Å². The fourth-order valence-corrected chi connectivity index (χ4v) is 4.28. The fourth-order valence-electron chi connectivity index (χ4n) is 3.20. The molecule has 0 aromatic heterocycles. The van der Waals surface area contributed by atoms with Gasteiger partial charge in [-0.2, -0.15) is 0 Å². The highest BCUT2D eigenvalue weighted by Gasteiger charge is 2.32. The summed E-state index contributed by atoms with van der Waals surface area (Å²) in [7, 11) is 0. The fraction of sp³-hybridized carbons (Fsp3) is 0.235. The first-order chi connectivity index (χ1) is 10.8. The van der Waals surface area contributed by atoms with E-state index < -0.39 is 6.09 Å². The van der Waals surface area contributed by atoms with Gasteiger partial charge < -0.3 is 10.0 Å². The average molecular weight is 312 g/mol. The summed E-state index contributed by atoms with van der Waals surface area (Å²) in [5.41, 5.74) is 2.58. The van der Waals surface area contributed by atoms with Crippen LogP contribution in [0.15, 0.2) is 52.3 Å². The van der Waals surface area contributed by atoms with E-state index in [4.69, 9.17) is 0 Å².